The molecule has 3 atom stereocenters. The van der Waals surface area contributed by atoms with E-state index in [4.69, 9.17) is 0 Å². The lowest BCUT2D eigenvalue weighted by Crippen LogP contribution is -2.28. The zero-order valence-electron chi connectivity index (χ0n) is 40.7. The number of carbonyl (C=O) groups is 4. The van der Waals surface area contributed by atoms with E-state index in [2.05, 4.69) is 113 Å². The van der Waals surface area contributed by atoms with Gasteiger partial charge < -0.3 is 9.59 Å². The Morgan fingerprint density at radius 3 is 1.57 bits per heavy atom. The van der Waals surface area contributed by atoms with Crippen molar-refractivity contribution in [3.63, 3.8) is 0 Å². The van der Waals surface area contributed by atoms with Gasteiger partial charge in [-0.3, -0.25) is 9.59 Å². The molecule has 0 aromatic heterocycles. The highest BCUT2D eigenvalue weighted by molar-refractivity contribution is 5.92. The highest BCUT2D eigenvalue weighted by Crippen LogP contribution is 2.45. The van der Waals surface area contributed by atoms with Crippen LogP contribution in [0.4, 0.5) is 0 Å². The third kappa shape index (κ3) is 17.8. The Morgan fingerprint density at radius 2 is 1.14 bits per heavy atom. The van der Waals surface area contributed by atoms with Crippen molar-refractivity contribution in [1.82, 2.24) is 0 Å². The number of Topliss-reactive ketones (excluding diaryl/α,β-unsaturated/α-hetero) is 3. The maximum Gasteiger partial charge on any atom is 0.155 e. The summed E-state index contributed by atoms with van der Waals surface area (Å²) in [5, 5.41) is 0. The van der Waals surface area contributed by atoms with E-state index in [1.807, 2.05) is 13.8 Å². The maximum absolute atomic E-state index is 11.3. The topological polar surface area (TPSA) is 68.3 Å². The van der Waals surface area contributed by atoms with Gasteiger partial charge in [0.2, 0.25) is 0 Å². The first-order valence-corrected chi connectivity index (χ1v) is 22.8. The molecule has 4 heteroatoms. The van der Waals surface area contributed by atoms with Crippen molar-refractivity contribution in [2.45, 2.75) is 208 Å². The van der Waals surface area contributed by atoms with Crippen molar-refractivity contribution >= 4 is 23.1 Å². The molecule has 0 saturated heterocycles. The molecule has 0 bridgehead atoms. The molecule has 0 aliphatic heterocycles. The fourth-order valence-corrected chi connectivity index (χ4v) is 9.70. The number of carbonyl (C=O) groups excluding carboxylic acids is 4. The smallest absolute Gasteiger partial charge is 0.155 e. The van der Waals surface area contributed by atoms with Gasteiger partial charge in [-0.1, -0.05) is 121 Å². The van der Waals surface area contributed by atoms with Crippen molar-refractivity contribution in [3.8, 4) is 0 Å². The van der Waals surface area contributed by atoms with E-state index < -0.39 is 0 Å². The van der Waals surface area contributed by atoms with E-state index >= 15 is 0 Å². The number of hydrogen-bond donors (Lipinski definition) is 0. The van der Waals surface area contributed by atoms with Gasteiger partial charge in [-0.25, -0.2) is 0 Å². The Balaban J connectivity index is 0.000000387. The number of ketones is 4. The van der Waals surface area contributed by atoms with Crippen LogP contribution in [-0.2, 0) is 19.2 Å². The molecule has 0 heterocycles. The average molecular weight is 801 g/mol. The summed E-state index contributed by atoms with van der Waals surface area (Å²) in [5.41, 5.74) is 9.57. The lowest BCUT2D eigenvalue weighted by atomic mass is 9.67. The molecule has 0 aromatic carbocycles. The molecule has 3 unspecified atom stereocenters. The molecule has 4 aliphatic rings. The highest BCUT2D eigenvalue weighted by atomic mass is 16.1. The van der Waals surface area contributed by atoms with E-state index in [1.165, 1.54) is 80.1 Å². The largest absolute Gasteiger partial charge is 0.300 e. The van der Waals surface area contributed by atoms with Crippen LogP contribution in [0.1, 0.15) is 208 Å². The minimum absolute atomic E-state index is 0.184. The first kappa shape index (κ1) is 53.1. The standard InChI is InChI=1S/2C14H22O.2C13H22O/c1-10-7-6-8-14(4,5)13(10)9-11(2)12(3)15;1-5-12(15)8-9-13-11(2)7-6-10-14(13,3)4;2*1-10-6-5-9-13(3,4)12(10)8-7-11(2)14/h7,9,13H,6,8H2,1-5H3;7-9,13H,5-6,10H2,1-4H3;5-9H2,1-4H3;6,12H,5,7-9H2,1-4H3/b11-9+;9-8+;;. The monoisotopic (exact) mass is 801 g/mol. The molecule has 4 rings (SSSR count). The van der Waals surface area contributed by atoms with Crippen molar-refractivity contribution < 1.29 is 19.2 Å². The lowest BCUT2D eigenvalue weighted by molar-refractivity contribution is -0.118. The van der Waals surface area contributed by atoms with Crippen LogP contribution in [0.15, 0.2) is 69.9 Å². The van der Waals surface area contributed by atoms with Crippen molar-refractivity contribution in [3.05, 3.63) is 69.9 Å². The number of hydrogen-bond acceptors (Lipinski definition) is 4. The molecule has 0 fully saturated rings. The fraction of sp³-hybridized carbons (Fsp3) is 0.704. The van der Waals surface area contributed by atoms with Gasteiger partial charge in [0.15, 0.2) is 11.6 Å². The van der Waals surface area contributed by atoms with Crippen LogP contribution < -0.4 is 0 Å². The maximum atomic E-state index is 11.3. The second kappa shape index (κ2) is 23.8. The zero-order chi connectivity index (χ0) is 44.6. The molecule has 0 amide bonds. The molecular weight excluding hydrogens is 713 g/mol. The quantitative estimate of drug-likeness (QED) is 0.154. The molecule has 0 radical (unpaired) electrons. The van der Waals surface area contributed by atoms with E-state index in [-0.39, 0.29) is 17.0 Å². The van der Waals surface area contributed by atoms with E-state index in [9.17, 15) is 19.2 Å². The van der Waals surface area contributed by atoms with Crippen LogP contribution in [0, 0.1) is 39.4 Å². The van der Waals surface area contributed by atoms with Crippen LogP contribution in [0.3, 0.4) is 0 Å². The van der Waals surface area contributed by atoms with Gasteiger partial charge >= 0.3 is 0 Å². The molecular formula is C54H88O4. The Hall–Kier alpha value is -2.88. The zero-order valence-corrected chi connectivity index (χ0v) is 40.7. The fourth-order valence-electron chi connectivity index (χ4n) is 9.70. The Morgan fingerprint density at radius 1 is 0.655 bits per heavy atom. The van der Waals surface area contributed by atoms with Gasteiger partial charge in [0, 0.05) is 31.1 Å². The second-order valence-electron chi connectivity index (χ2n) is 21.0. The molecule has 58 heavy (non-hydrogen) atoms. The van der Waals surface area contributed by atoms with E-state index in [0.717, 1.165) is 31.3 Å². The SMILES string of the molecule is CC(=O)/C(C)=C/C1C(C)=CCCC1(C)C.CC(=O)CCC1=C(C)CCCC1(C)C.CC(=O)CCC1C(C)=CCCC1(C)C.CCC(=O)/C=C/C1C(C)=CCCC1(C)C. The van der Waals surface area contributed by atoms with Gasteiger partial charge in [0.1, 0.15) is 11.6 Å². The summed E-state index contributed by atoms with van der Waals surface area (Å²) in [6, 6.07) is 0. The van der Waals surface area contributed by atoms with Gasteiger partial charge in [-0.05, 0) is 165 Å². The number of allylic oxidation sites excluding steroid dienone is 12. The summed E-state index contributed by atoms with van der Waals surface area (Å²) >= 11 is 0. The molecule has 0 aromatic rings. The number of rotatable bonds is 11. The molecule has 4 aliphatic carbocycles. The van der Waals surface area contributed by atoms with Crippen LogP contribution >= 0.6 is 0 Å². The molecule has 328 valence electrons. The Kier molecular flexibility index (Phi) is 21.8. The van der Waals surface area contributed by atoms with Gasteiger partial charge in [0.25, 0.3) is 0 Å². The predicted molar refractivity (Wildman–Crippen MR) is 250 cm³/mol. The lowest BCUT2D eigenvalue weighted by Gasteiger charge is -2.38. The van der Waals surface area contributed by atoms with Gasteiger partial charge in [0.05, 0.1) is 0 Å². The van der Waals surface area contributed by atoms with Crippen molar-refractivity contribution in [1.29, 1.82) is 0 Å². The summed E-state index contributed by atoms with van der Waals surface area (Å²) in [5.74, 6) is 2.51. The molecule has 0 N–H and O–H groups in total. The highest BCUT2D eigenvalue weighted by Gasteiger charge is 2.34. The minimum Gasteiger partial charge on any atom is -0.300 e. The normalized spacial score (nSPS) is 24.6. The molecule has 0 saturated carbocycles. The summed E-state index contributed by atoms with van der Waals surface area (Å²) in [4.78, 5) is 44.5. The van der Waals surface area contributed by atoms with Crippen LogP contribution in [-0.4, -0.2) is 23.1 Å². The Bertz CT molecular complexity index is 1590. The third-order valence-electron chi connectivity index (χ3n) is 13.9. The van der Waals surface area contributed by atoms with Gasteiger partial charge in [-0.15, -0.1) is 0 Å². The Labute approximate surface area is 358 Å². The van der Waals surface area contributed by atoms with Gasteiger partial charge in [-0.2, -0.15) is 0 Å². The first-order chi connectivity index (χ1) is 26.7. The predicted octanol–water partition coefficient (Wildman–Crippen LogP) is 15.4. The molecule has 4 nitrogen and oxygen atoms in total. The third-order valence-corrected chi connectivity index (χ3v) is 13.9. The van der Waals surface area contributed by atoms with Crippen LogP contribution in [0.2, 0.25) is 0 Å². The molecule has 0 spiro atoms. The van der Waals surface area contributed by atoms with Crippen molar-refractivity contribution in [2.24, 2.45) is 39.4 Å². The van der Waals surface area contributed by atoms with Crippen LogP contribution in [0.5, 0.6) is 0 Å². The summed E-state index contributed by atoms with van der Waals surface area (Å²) in [6.07, 6.45) is 28.1. The summed E-state index contributed by atoms with van der Waals surface area (Å²) < 4.78 is 0. The summed E-state index contributed by atoms with van der Waals surface area (Å²) in [7, 11) is 0. The van der Waals surface area contributed by atoms with E-state index in [1.54, 1.807) is 32.4 Å². The summed E-state index contributed by atoms with van der Waals surface area (Å²) in [6.45, 7) is 36.1. The van der Waals surface area contributed by atoms with Crippen LogP contribution in [0.25, 0.3) is 0 Å². The van der Waals surface area contributed by atoms with E-state index in [0.29, 0.717) is 52.0 Å². The van der Waals surface area contributed by atoms with Crippen molar-refractivity contribution in [2.75, 3.05) is 0 Å². The first-order valence-electron chi connectivity index (χ1n) is 22.8. The average Bonchev–Trinajstić information content (AvgIpc) is 3.08. The second-order valence-corrected chi connectivity index (χ2v) is 21.0. The minimum atomic E-state index is 0.184.